The predicted molar refractivity (Wildman–Crippen MR) is 112 cm³/mol. The number of halogens is 1. The molecule has 3 N–H and O–H groups in total. The second-order valence-electron chi connectivity index (χ2n) is 6.98. The Morgan fingerprint density at radius 3 is 3.10 bits per heavy atom. The topological polar surface area (TPSA) is 85.3 Å². The van der Waals surface area contributed by atoms with E-state index in [-0.39, 0.29) is 5.91 Å². The van der Waals surface area contributed by atoms with Crippen LogP contribution in [0.1, 0.15) is 27.3 Å². The van der Waals surface area contributed by atoms with Crippen LogP contribution in [-0.4, -0.2) is 27.0 Å². The Balaban J connectivity index is 1.48. The van der Waals surface area contributed by atoms with E-state index in [2.05, 4.69) is 33.7 Å². The van der Waals surface area contributed by atoms with Gasteiger partial charge in [-0.2, -0.15) is 9.61 Å². The molecule has 0 spiro atoms. The van der Waals surface area contributed by atoms with Gasteiger partial charge in [0.1, 0.15) is 10.0 Å². The Hall–Kier alpha value is -2.92. The SMILES string of the molecule is NCC1(NC(=O)c2nc(-c3cnn4c#cccc34)c(Cl)s2)CCc2ccccc21. The lowest BCUT2D eigenvalue weighted by Crippen LogP contribution is -2.49. The zero-order valence-corrected chi connectivity index (χ0v) is 16.8. The summed E-state index contributed by atoms with van der Waals surface area (Å²) in [7, 11) is 0. The number of nitrogens with one attached hydrogen (secondary N) is 1. The number of nitrogens with two attached hydrogens (primary N) is 1. The fraction of sp³-hybridized carbons (Fsp3) is 0.190. The summed E-state index contributed by atoms with van der Waals surface area (Å²) in [6, 6.07) is 14.5. The van der Waals surface area contributed by atoms with Crippen LogP contribution >= 0.6 is 22.9 Å². The zero-order valence-electron chi connectivity index (χ0n) is 15.3. The summed E-state index contributed by atoms with van der Waals surface area (Å²) in [5, 5.41) is 7.67. The van der Waals surface area contributed by atoms with Gasteiger partial charge in [0.2, 0.25) is 0 Å². The van der Waals surface area contributed by atoms with E-state index in [1.165, 1.54) is 5.56 Å². The smallest absolute Gasteiger partial charge is 0.281 e. The number of fused-ring (bicyclic) bond motifs is 2. The number of hydrogen-bond donors (Lipinski definition) is 2. The highest BCUT2D eigenvalue weighted by molar-refractivity contribution is 7.18. The molecular weight excluding hydrogens is 406 g/mol. The van der Waals surface area contributed by atoms with Gasteiger partial charge in [-0.1, -0.05) is 47.2 Å². The van der Waals surface area contributed by atoms with Crippen LogP contribution in [-0.2, 0) is 12.0 Å². The van der Waals surface area contributed by atoms with Crippen molar-refractivity contribution in [1.29, 1.82) is 0 Å². The molecule has 1 aromatic carbocycles. The highest BCUT2D eigenvalue weighted by Gasteiger charge is 2.39. The highest BCUT2D eigenvalue weighted by atomic mass is 35.5. The van der Waals surface area contributed by atoms with Crippen molar-refractivity contribution in [2.75, 3.05) is 6.54 Å². The van der Waals surface area contributed by atoms with Crippen LogP contribution in [0, 0.1) is 12.3 Å². The number of carbonyl (C=O) groups excluding carboxylic acids is 1. The molecule has 4 aromatic rings. The normalized spacial score (nSPS) is 17.9. The van der Waals surface area contributed by atoms with Gasteiger partial charge in [0.15, 0.2) is 5.01 Å². The van der Waals surface area contributed by atoms with Gasteiger partial charge in [0.05, 0.1) is 17.3 Å². The number of rotatable bonds is 4. The second kappa shape index (κ2) is 6.85. The van der Waals surface area contributed by atoms with E-state index >= 15 is 0 Å². The molecule has 1 atom stereocenters. The molecule has 29 heavy (non-hydrogen) atoms. The van der Waals surface area contributed by atoms with Crippen LogP contribution in [0.5, 0.6) is 0 Å². The molecule has 0 aliphatic heterocycles. The summed E-state index contributed by atoms with van der Waals surface area (Å²) in [5.41, 5.74) is 9.90. The van der Waals surface area contributed by atoms with Gasteiger partial charge in [0, 0.05) is 18.3 Å². The lowest BCUT2D eigenvalue weighted by atomic mass is 9.92. The molecule has 0 radical (unpaired) electrons. The Morgan fingerprint density at radius 1 is 1.38 bits per heavy atom. The molecule has 1 unspecified atom stereocenters. The average molecular weight is 422 g/mol. The molecule has 0 saturated heterocycles. The maximum absolute atomic E-state index is 13.1. The van der Waals surface area contributed by atoms with E-state index in [1.54, 1.807) is 16.8 Å². The highest BCUT2D eigenvalue weighted by Crippen LogP contribution is 2.38. The van der Waals surface area contributed by atoms with Gasteiger partial charge in [-0.15, -0.1) is 0 Å². The van der Waals surface area contributed by atoms with Crippen molar-refractivity contribution in [1.82, 2.24) is 19.9 Å². The molecule has 1 aliphatic rings. The molecule has 0 saturated carbocycles. The van der Waals surface area contributed by atoms with Crippen molar-refractivity contribution in [3.63, 3.8) is 0 Å². The van der Waals surface area contributed by atoms with Gasteiger partial charge >= 0.3 is 0 Å². The van der Waals surface area contributed by atoms with Crippen LogP contribution in [0.15, 0.2) is 42.6 Å². The third-order valence-corrected chi connectivity index (χ3v) is 6.64. The molecule has 3 aromatic heterocycles. The van der Waals surface area contributed by atoms with E-state index < -0.39 is 5.54 Å². The first-order valence-corrected chi connectivity index (χ1v) is 10.3. The minimum Gasteiger partial charge on any atom is -0.339 e. The number of aryl methyl sites for hydroxylation is 1. The predicted octanol–water partition coefficient (Wildman–Crippen LogP) is 3.24. The second-order valence-corrected chi connectivity index (χ2v) is 8.58. The van der Waals surface area contributed by atoms with Crippen LogP contribution in [0.25, 0.3) is 16.8 Å². The Kier molecular flexibility index (Phi) is 4.28. The number of carbonyl (C=O) groups is 1. The zero-order chi connectivity index (χ0) is 20.0. The summed E-state index contributed by atoms with van der Waals surface area (Å²) in [4.78, 5) is 17.6. The minimum absolute atomic E-state index is 0.276. The van der Waals surface area contributed by atoms with E-state index in [9.17, 15) is 4.79 Å². The molecule has 6 nitrogen and oxygen atoms in total. The molecule has 1 aliphatic carbocycles. The average Bonchev–Trinajstić information content (AvgIpc) is 3.44. The molecule has 144 valence electrons. The fourth-order valence-corrected chi connectivity index (χ4v) is 4.99. The van der Waals surface area contributed by atoms with Crippen molar-refractivity contribution in [2.45, 2.75) is 18.4 Å². The van der Waals surface area contributed by atoms with Gasteiger partial charge in [-0.25, -0.2) is 4.98 Å². The molecule has 0 bridgehead atoms. The third kappa shape index (κ3) is 2.88. The number of thiazole rings is 1. The molecular formula is C21H16ClN5OS. The van der Waals surface area contributed by atoms with Gasteiger partial charge in [0.25, 0.3) is 5.91 Å². The summed E-state index contributed by atoms with van der Waals surface area (Å²) in [5.74, 6) is -0.276. The van der Waals surface area contributed by atoms with E-state index in [1.807, 2.05) is 24.3 Å². The van der Waals surface area contributed by atoms with E-state index in [0.717, 1.165) is 40.8 Å². The largest absolute Gasteiger partial charge is 0.339 e. The maximum atomic E-state index is 13.1. The quantitative estimate of drug-likeness (QED) is 0.529. The standard InChI is InChI=1S/C21H16ClN5OS/c22-18-17(14-11-24-27-10-4-3-7-16(14)27)25-20(29-18)19(28)26-21(12-23)9-8-13-5-1-2-6-15(13)21/h1-3,5-7,11H,8-9,12,23H2,(H,26,28). The van der Waals surface area contributed by atoms with Crippen LogP contribution in [0.3, 0.4) is 0 Å². The lowest BCUT2D eigenvalue weighted by molar-refractivity contribution is 0.0899. The van der Waals surface area contributed by atoms with Crippen LogP contribution in [0.2, 0.25) is 4.34 Å². The molecule has 1 amide bonds. The number of nitrogens with zero attached hydrogens (tertiary/aromatic N) is 3. The monoisotopic (exact) mass is 421 g/mol. The van der Waals surface area contributed by atoms with Gasteiger partial charge in [-0.05, 0) is 42.2 Å². The number of aromatic nitrogens is 3. The fourth-order valence-electron chi connectivity index (χ4n) is 3.93. The van der Waals surface area contributed by atoms with E-state index in [0.29, 0.717) is 21.6 Å². The van der Waals surface area contributed by atoms with Crippen LogP contribution < -0.4 is 11.1 Å². The van der Waals surface area contributed by atoms with Crippen molar-refractivity contribution < 1.29 is 4.79 Å². The number of amides is 1. The van der Waals surface area contributed by atoms with Crippen LogP contribution in [0.4, 0.5) is 0 Å². The molecule has 3 heterocycles. The first-order chi connectivity index (χ1) is 14.1. The lowest BCUT2D eigenvalue weighted by Gasteiger charge is -2.30. The van der Waals surface area contributed by atoms with Crippen molar-refractivity contribution >= 4 is 34.4 Å². The summed E-state index contributed by atoms with van der Waals surface area (Å²) in [6.07, 6.45) is 6.19. The summed E-state index contributed by atoms with van der Waals surface area (Å²) >= 11 is 7.59. The first kappa shape index (κ1) is 18.1. The van der Waals surface area contributed by atoms with Gasteiger partial charge in [-0.3, -0.25) is 4.79 Å². The molecule has 8 heteroatoms. The van der Waals surface area contributed by atoms with Crippen molar-refractivity contribution in [3.05, 3.63) is 75.3 Å². The van der Waals surface area contributed by atoms with Crippen molar-refractivity contribution in [3.8, 4) is 11.3 Å². The number of benzene rings is 1. The molecule has 5 rings (SSSR count). The Bertz CT molecular complexity index is 1230. The van der Waals surface area contributed by atoms with Gasteiger partial charge < -0.3 is 11.1 Å². The Morgan fingerprint density at radius 2 is 2.24 bits per heavy atom. The summed E-state index contributed by atoms with van der Waals surface area (Å²) in [6.45, 7) is 0.322. The third-order valence-electron chi connectivity index (χ3n) is 5.39. The minimum atomic E-state index is -0.582. The maximum Gasteiger partial charge on any atom is 0.281 e. The first-order valence-electron chi connectivity index (χ1n) is 9.15. The van der Waals surface area contributed by atoms with E-state index in [4.69, 9.17) is 17.3 Å². The summed E-state index contributed by atoms with van der Waals surface area (Å²) < 4.78 is 2.01. The Labute approximate surface area is 176 Å². The van der Waals surface area contributed by atoms with Crippen molar-refractivity contribution in [2.24, 2.45) is 5.73 Å². The molecule has 0 fully saturated rings. The number of hydrogen-bond acceptors (Lipinski definition) is 5.